The van der Waals surface area contributed by atoms with Gasteiger partial charge < -0.3 is 15.3 Å². The van der Waals surface area contributed by atoms with Gasteiger partial charge in [0.15, 0.2) is 11.5 Å². The van der Waals surface area contributed by atoms with Crippen molar-refractivity contribution in [3.63, 3.8) is 0 Å². The summed E-state index contributed by atoms with van der Waals surface area (Å²) < 4.78 is 0. The number of anilines is 1. The van der Waals surface area contributed by atoms with Crippen LogP contribution in [-0.4, -0.2) is 39.8 Å². The van der Waals surface area contributed by atoms with Crippen LogP contribution < -0.4 is 10.2 Å². The van der Waals surface area contributed by atoms with E-state index in [4.69, 9.17) is 0 Å². The van der Waals surface area contributed by atoms with Crippen LogP contribution in [-0.2, 0) is 11.3 Å². The van der Waals surface area contributed by atoms with Gasteiger partial charge in [0, 0.05) is 19.1 Å². The summed E-state index contributed by atoms with van der Waals surface area (Å²) in [4.78, 5) is 25.9. The van der Waals surface area contributed by atoms with Crippen LogP contribution in [0.4, 0.5) is 5.82 Å². The van der Waals surface area contributed by atoms with E-state index in [-0.39, 0.29) is 17.6 Å². The lowest BCUT2D eigenvalue weighted by molar-refractivity contribution is -0.138. The molecule has 2 heterocycles. The molecule has 1 amide bonds. The number of aromatic nitrogens is 2. The Kier molecular flexibility index (Phi) is 4.75. The Labute approximate surface area is 157 Å². The summed E-state index contributed by atoms with van der Waals surface area (Å²) in [6, 6.07) is 11.2. The van der Waals surface area contributed by atoms with Crippen LogP contribution in [0.1, 0.15) is 53.2 Å². The van der Waals surface area contributed by atoms with Crippen molar-refractivity contribution in [2.24, 2.45) is 0 Å². The minimum atomic E-state index is -0.854. The number of hydrogen-bond donors (Lipinski definition) is 2. The van der Waals surface area contributed by atoms with Gasteiger partial charge in [-0.2, -0.15) is 0 Å². The van der Waals surface area contributed by atoms with E-state index in [0.29, 0.717) is 18.9 Å². The molecule has 1 unspecified atom stereocenters. The van der Waals surface area contributed by atoms with Crippen LogP contribution in [0.25, 0.3) is 0 Å². The van der Waals surface area contributed by atoms with Crippen LogP contribution in [0.5, 0.6) is 0 Å². The lowest BCUT2D eigenvalue weighted by Crippen LogP contribution is -2.37. The molecule has 1 aliphatic carbocycles. The lowest BCUT2D eigenvalue weighted by atomic mass is 9.90. The molecule has 1 aliphatic heterocycles. The fourth-order valence-electron chi connectivity index (χ4n) is 3.94. The van der Waals surface area contributed by atoms with E-state index in [1.807, 2.05) is 29.2 Å². The maximum atomic E-state index is 12.3. The van der Waals surface area contributed by atoms with Crippen molar-refractivity contribution in [3.8, 4) is 0 Å². The molecule has 2 aliphatic rings. The predicted octanol–water partition coefficient (Wildman–Crippen LogP) is 2.34. The monoisotopic (exact) mass is 366 g/mol. The van der Waals surface area contributed by atoms with Crippen molar-refractivity contribution in [2.45, 2.75) is 44.2 Å². The molecule has 2 aromatic rings. The van der Waals surface area contributed by atoms with E-state index in [1.54, 1.807) is 12.1 Å². The van der Waals surface area contributed by atoms with Gasteiger partial charge in [0.1, 0.15) is 0 Å². The second kappa shape index (κ2) is 7.34. The minimum absolute atomic E-state index is 0.201. The number of carboxylic acid groups (broad SMARTS) is 1. The molecule has 2 N–H and O–H groups in total. The number of nitrogens with zero attached hydrogens (tertiary/aromatic N) is 3. The van der Waals surface area contributed by atoms with E-state index in [2.05, 4.69) is 15.5 Å². The fourth-order valence-corrected chi connectivity index (χ4v) is 3.94. The second-order valence-corrected chi connectivity index (χ2v) is 7.20. The van der Waals surface area contributed by atoms with Gasteiger partial charge in [-0.05, 0) is 36.1 Å². The summed E-state index contributed by atoms with van der Waals surface area (Å²) in [6.07, 6.45) is 4.33. The molecular formula is C20H22N4O3. The Hall–Kier alpha value is -2.96. The zero-order valence-corrected chi connectivity index (χ0v) is 15.0. The van der Waals surface area contributed by atoms with Gasteiger partial charge in [0.05, 0.1) is 5.92 Å². The maximum absolute atomic E-state index is 12.3. The fraction of sp³-hybridized carbons (Fsp3) is 0.400. The third kappa shape index (κ3) is 3.63. The molecule has 7 nitrogen and oxygen atoms in total. The van der Waals surface area contributed by atoms with E-state index in [0.717, 1.165) is 36.8 Å². The van der Waals surface area contributed by atoms with Crippen LogP contribution in [0.3, 0.4) is 0 Å². The number of hydrogen-bond acceptors (Lipinski definition) is 5. The smallest absolute Gasteiger partial charge is 0.312 e. The summed E-state index contributed by atoms with van der Waals surface area (Å²) in [5.41, 5.74) is 2.11. The van der Waals surface area contributed by atoms with Gasteiger partial charge in [0.2, 0.25) is 0 Å². The summed E-state index contributed by atoms with van der Waals surface area (Å²) in [5.74, 6) is -1.09. The Bertz CT molecular complexity index is 847. The topological polar surface area (TPSA) is 95.4 Å². The SMILES string of the molecule is O=C(NC1CCCC1)c1ccc(N2Cc3ccccc3C(C(=O)O)C2)nn1. The standard InChI is InChI=1S/C20H22N4O3/c25-19(21-14-6-2-3-7-14)17-9-10-18(23-22-17)24-11-13-5-1-4-8-15(13)16(12-24)20(26)27/h1,4-5,8-10,14,16H,2-3,6-7,11-12H2,(H,21,25)(H,26,27). The van der Waals surface area contributed by atoms with Gasteiger partial charge in [0.25, 0.3) is 5.91 Å². The Morgan fingerprint density at radius 2 is 1.85 bits per heavy atom. The normalized spacial score (nSPS) is 19.6. The van der Waals surface area contributed by atoms with Crippen molar-refractivity contribution in [3.05, 3.63) is 53.2 Å². The molecule has 7 heteroatoms. The highest BCUT2D eigenvalue weighted by Gasteiger charge is 2.31. The lowest BCUT2D eigenvalue weighted by Gasteiger charge is -2.33. The summed E-state index contributed by atoms with van der Waals surface area (Å²) in [5, 5.41) is 20.8. The van der Waals surface area contributed by atoms with E-state index < -0.39 is 11.9 Å². The highest BCUT2D eigenvalue weighted by Crippen LogP contribution is 2.30. The van der Waals surface area contributed by atoms with Crippen molar-refractivity contribution in [1.82, 2.24) is 15.5 Å². The largest absolute Gasteiger partial charge is 0.481 e. The number of carboxylic acids is 1. The van der Waals surface area contributed by atoms with Crippen LogP contribution in [0.2, 0.25) is 0 Å². The molecule has 140 valence electrons. The van der Waals surface area contributed by atoms with Crippen LogP contribution in [0, 0.1) is 0 Å². The van der Waals surface area contributed by atoms with Gasteiger partial charge in [-0.15, -0.1) is 10.2 Å². The first-order chi connectivity index (χ1) is 13.1. The van der Waals surface area contributed by atoms with Gasteiger partial charge in [-0.25, -0.2) is 0 Å². The highest BCUT2D eigenvalue weighted by molar-refractivity contribution is 5.92. The molecule has 1 atom stereocenters. The first-order valence-corrected chi connectivity index (χ1v) is 9.32. The van der Waals surface area contributed by atoms with E-state index in [9.17, 15) is 14.7 Å². The molecular weight excluding hydrogens is 344 g/mol. The Morgan fingerprint density at radius 1 is 1.07 bits per heavy atom. The molecule has 27 heavy (non-hydrogen) atoms. The highest BCUT2D eigenvalue weighted by atomic mass is 16.4. The summed E-state index contributed by atoms with van der Waals surface area (Å²) >= 11 is 0. The third-order valence-electron chi connectivity index (χ3n) is 5.39. The van der Waals surface area contributed by atoms with E-state index >= 15 is 0 Å². The molecule has 0 spiro atoms. The second-order valence-electron chi connectivity index (χ2n) is 7.20. The molecule has 1 fully saturated rings. The summed E-state index contributed by atoms with van der Waals surface area (Å²) in [7, 11) is 0. The number of carbonyl (C=O) groups is 2. The number of fused-ring (bicyclic) bond motifs is 1. The van der Waals surface area contributed by atoms with Gasteiger partial charge in [-0.1, -0.05) is 37.1 Å². The third-order valence-corrected chi connectivity index (χ3v) is 5.39. The first kappa shape index (κ1) is 17.5. The van der Waals surface area contributed by atoms with Gasteiger partial charge >= 0.3 is 5.97 Å². The average molecular weight is 366 g/mol. The zero-order valence-electron chi connectivity index (χ0n) is 15.0. The molecule has 1 saturated carbocycles. The summed E-state index contributed by atoms with van der Waals surface area (Å²) in [6.45, 7) is 0.900. The van der Waals surface area contributed by atoms with E-state index in [1.165, 1.54) is 0 Å². The van der Waals surface area contributed by atoms with Crippen LogP contribution in [0.15, 0.2) is 36.4 Å². The number of rotatable bonds is 4. The molecule has 0 radical (unpaired) electrons. The predicted molar refractivity (Wildman–Crippen MR) is 99.6 cm³/mol. The number of amides is 1. The van der Waals surface area contributed by atoms with Crippen molar-refractivity contribution in [1.29, 1.82) is 0 Å². The van der Waals surface area contributed by atoms with Crippen molar-refractivity contribution < 1.29 is 14.7 Å². The Morgan fingerprint density at radius 3 is 2.56 bits per heavy atom. The first-order valence-electron chi connectivity index (χ1n) is 9.32. The average Bonchev–Trinajstić information content (AvgIpc) is 3.20. The molecule has 0 bridgehead atoms. The zero-order chi connectivity index (χ0) is 18.8. The molecule has 1 aromatic heterocycles. The quantitative estimate of drug-likeness (QED) is 0.862. The molecule has 1 aromatic carbocycles. The van der Waals surface area contributed by atoms with Gasteiger partial charge in [-0.3, -0.25) is 9.59 Å². The number of benzene rings is 1. The maximum Gasteiger partial charge on any atom is 0.312 e. The van der Waals surface area contributed by atoms with Crippen molar-refractivity contribution in [2.75, 3.05) is 11.4 Å². The minimum Gasteiger partial charge on any atom is -0.481 e. The van der Waals surface area contributed by atoms with Crippen LogP contribution >= 0.6 is 0 Å². The molecule has 4 rings (SSSR count). The number of nitrogens with one attached hydrogen (secondary N) is 1. The number of aliphatic carboxylic acids is 1. The Balaban J connectivity index is 1.50. The molecule has 0 saturated heterocycles. The number of carbonyl (C=O) groups excluding carboxylic acids is 1. The van der Waals surface area contributed by atoms with Crippen molar-refractivity contribution >= 4 is 17.7 Å².